The standard InChI is InChI=1S/C38H50N4O11S/c1-23(2)18-41(54(44,45)26-12-13-29-30(17-26)50-22-49-29)19-31-28(42(38(6,7)52-31)36(43)51-32-20-48-34-27(32)14-15-46-34)16-24-8-10-25(11-9-24)47-21-33-39-35(53-40-33)37(3,4)5/h8-13,17,23,27-28,31-32,34H,14-16,18-22H2,1-7H3/t27-,28-,31+,32-,34+/m0/s1. The van der Waals surface area contributed by atoms with Crippen LogP contribution in [0.5, 0.6) is 17.2 Å². The fourth-order valence-corrected chi connectivity index (χ4v) is 8.97. The van der Waals surface area contributed by atoms with Crippen LogP contribution < -0.4 is 14.2 Å². The fourth-order valence-electron chi connectivity index (χ4n) is 7.34. The van der Waals surface area contributed by atoms with E-state index in [9.17, 15) is 13.2 Å². The second kappa shape index (κ2) is 14.9. The minimum atomic E-state index is -4.03. The lowest BCUT2D eigenvalue weighted by molar-refractivity contribution is -0.0911. The number of ether oxygens (including phenoxy) is 7. The molecule has 5 heterocycles. The van der Waals surface area contributed by atoms with E-state index in [1.54, 1.807) is 24.8 Å². The molecule has 1 aromatic heterocycles. The zero-order valence-electron chi connectivity index (χ0n) is 31.9. The Morgan fingerprint density at radius 2 is 1.83 bits per heavy atom. The van der Waals surface area contributed by atoms with E-state index in [4.69, 9.17) is 37.7 Å². The molecule has 0 N–H and O–H groups in total. The van der Waals surface area contributed by atoms with E-state index in [2.05, 4.69) is 10.1 Å². The number of carbonyl (C=O) groups is 1. The maximum Gasteiger partial charge on any atom is 0.412 e. The summed E-state index contributed by atoms with van der Waals surface area (Å²) >= 11 is 0. The Morgan fingerprint density at radius 1 is 1.07 bits per heavy atom. The number of aromatic nitrogens is 2. The Balaban J connectivity index is 1.14. The molecule has 4 aliphatic heterocycles. The molecule has 5 atom stereocenters. The van der Waals surface area contributed by atoms with Crippen LogP contribution in [0.1, 0.15) is 72.2 Å². The molecule has 0 unspecified atom stereocenters. The van der Waals surface area contributed by atoms with Gasteiger partial charge >= 0.3 is 6.09 Å². The van der Waals surface area contributed by atoms with Crippen LogP contribution >= 0.6 is 0 Å². The molecule has 54 heavy (non-hydrogen) atoms. The number of hydrogen-bond acceptors (Lipinski definition) is 13. The van der Waals surface area contributed by atoms with Crippen LogP contribution in [0.25, 0.3) is 0 Å². The van der Waals surface area contributed by atoms with Crippen LogP contribution in [0.2, 0.25) is 0 Å². The van der Waals surface area contributed by atoms with Crippen LogP contribution in [0.4, 0.5) is 4.79 Å². The van der Waals surface area contributed by atoms with Crippen molar-refractivity contribution in [3.63, 3.8) is 0 Å². The van der Waals surface area contributed by atoms with Gasteiger partial charge in [-0.2, -0.15) is 9.29 Å². The zero-order valence-corrected chi connectivity index (χ0v) is 32.7. The zero-order chi connectivity index (χ0) is 38.4. The molecule has 0 bridgehead atoms. The highest BCUT2D eigenvalue weighted by molar-refractivity contribution is 7.89. The molecule has 0 radical (unpaired) electrons. The molecule has 3 aromatic rings. The maximum absolute atomic E-state index is 14.3. The first-order chi connectivity index (χ1) is 25.6. The van der Waals surface area contributed by atoms with Gasteiger partial charge in [0.2, 0.25) is 28.5 Å². The molecule has 3 fully saturated rings. The van der Waals surface area contributed by atoms with Crippen LogP contribution in [-0.2, 0) is 47.4 Å². The molecular formula is C38H50N4O11S. The number of rotatable bonds is 12. The van der Waals surface area contributed by atoms with Crippen molar-refractivity contribution in [1.29, 1.82) is 0 Å². The third-order valence-corrected chi connectivity index (χ3v) is 11.8. The summed E-state index contributed by atoms with van der Waals surface area (Å²) in [6, 6.07) is 11.5. The van der Waals surface area contributed by atoms with E-state index < -0.39 is 40.1 Å². The first-order valence-electron chi connectivity index (χ1n) is 18.4. The van der Waals surface area contributed by atoms with Gasteiger partial charge in [-0.25, -0.2) is 13.2 Å². The molecule has 7 rings (SSSR count). The first kappa shape index (κ1) is 38.3. The van der Waals surface area contributed by atoms with Gasteiger partial charge in [0.15, 0.2) is 24.4 Å². The molecule has 3 saturated heterocycles. The predicted molar refractivity (Wildman–Crippen MR) is 192 cm³/mol. The lowest BCUT2D eigenvalue weighted by Gasteiger charge is -2.34. The molecule has 0 saturated carbocycles. The normalized spacial score (nSPS) is 24.8. The van der Waals surface area contributed by atoms with E-state index in [-0.39, 0.29) is 61.5 Å². The van der Waals surface area contributed by atoms with Crippen molar-refractivity contribution in [2.24, 2.45) is 11.8 Å². The molecule has 0 aliphatic carbocycles. The SMILES string of the molecule is CC(C)CN(C[C@H]1OC(C)(C)N(C(=O)O[C@H]2CO[C@H]3OCC[C@H]32)[C@H]1Cc1ccc(OCc2noc(C(C)(C)C)n2)cc1)S(=O)(=O)c1ccc2c(c1)OCO2. The number of sulfonamides is 1. The highest BCUT2D eigenvalue weighted by atomic mass is 32.2. The topological polar surface area (TPSA) is 161 Å². The summed E-state index contributed by atoms with van der Waals surface area (Å²) < 4.78 is 76.5. The van der Waals surface area contributed by atoms with Crippen molar-refractivity contribution in [3.05, 3.63) is 59.7 Å². The van der Waals surface area contributed by atoms with E-state index in [0.29, 0.717) is 42.0 Å². The second-order valence-electron chi connectivity index (χ2n) is 16.1. The lowest BCUT2D eigenvalue weighted by Crippen LogP contribution is -2.51. The quantitative estimate of drug-likeness (QED) is 0.235. The van der Waals surface area contributed by atoms with Gasteiger partial charge in [0, 0.05) is 24.6 Å². The smallest absolute Gasteiger partial charge is 0.412 e. The highest BCUT2D eigenvalue weighted by Crippen LogP contribution is 2.40. The Labute approximate surface area is 316 Å². The number of benzene rings is 2. The van der Waals surface area contributed by atoms with Gasteiger partial charge in [0.1, 0.15) is 17.6 Å². The van der Waals surface area contributed by atoms with Crippen molar-refractivity contribution in [3.8, 4) is 17.2 Å². The molecule has 0 spiro atoms. The number of nitrogens with zero attached hydrogens (tertiary/aromatic N) is 4. The van der Waals surface area contributed by atoms with E-state index in [1.807, 2.05) is 58.9 Å². The summed E-state index contributed by atoms with van der Waals surface area (Å²) in [5, 5.41) is 4.03. The van der Waals surface area contributed by atoms with Gasteiger partial charge < -0.3 is 37.7 Å². The predicted octanol–water partition coefficient (Wildman–Crippen LogP) is 5.27. The van der Waals surface area contributed by atoms with Crippen molar-refractivity contribution < 1.29 is 50.9 Å². The third kappa shape index (κ3) is 8.03. The maximum atomic E-state index is 14.3. The van der Waals surface area contributed by atoms with Crippen molar-refractivity contribution >= 4 is 16.1 Å². The van der Waals surface area contributed by atoms with Crippen LogP contribution in [-0.4, -0.2) is 97.2 Å². The summed E-state index contributed by atoms with van der Waals surface area (Å²) in [6.45, 7) is 14.6. The lowest BCUT2D eigenvalue weighted by atomic mass is 9.97. The Kier molecular flexibility index (Phi) is 10.6. The Morgan fingerprint density at radius 3 is 2.56 bits per heavy atom. The number of amides is 1. The van der Waals surface area contributed by atoms with Gasteiger partial charge in [0.25, 0.3) is 0 Å². The third-order valence-electron chi connectivity index (χ3n) is 9.99. The molecule has 1 amide bonds. The van der Waals surface area contributed by atoms with E-state index in [1.165, 1.54) is 16.4 Å². The van der Waals surface area contributed by atoms with Crippen molar-refractivity contribution in [2.75, 3.05) is 33.1 Å². The molecule has 2 aromatic carbocycles. The number of hydrogen-bond donors (Lipinski definition) is 0. The molecule has 16 heteroatoms. The van der Waals surface area contributed by atoms with Crippen molar-refractivity contribution in [1.82, 2.24) is 19.3 Å². The van der Waals surface area contributed by atoms with Crippen LogP contribution in [0.3, 0.4) is 0 Å². The van der Waals surface area contributed by atoms with Crippen molar-refractivity contribution in [2.45, 2.75) is 108 Å². The van der Waals surface area contributed by atoms with E-state index >= 15 is 0 Å². The van der Waals surface area contributed by atoms with Gasteiger partial charge in [-0.15, -0.1) is 0 Å². The van der Waals surface area contributed by atoms with Gasteiger partial charge in [-0.05, 0) is 62.4 Å². The average molecular weight is 771 g/mol. The summed E-state index contributed by atoms with van der Waals surface area (Å²) in [7, 11) is -4.03. The fraction of sp³-hybridized carbons (Fsp3) is 0.605. The summed E-state index contributed by atoms with van der Waals surface area (Å²) in [5.74, 6) is 2.37. The van der Waals surface area contributed by atoms with Crippen LogP contribution in [0, 0.1) is 11.8 Å². The highest BCUT2D eigenvalue weighted by Gasteiger charge is 2.53. The summed E-state index contributed by atoms with van der Waals surface area (Å²) in [4.78, 5) is 20.3. The largest absolute Gasteiger partial charge is 0.485 e. The minimum absolute atomic E-state index is 0.00768. The first-order valence-corrected chi connectivity index (χ1v) is 19.9. The average Bonchev–Trinajstić information content (AvgIpc) is 3.94. The summed E-state index contributed by atoms with van der Waals surface area (Å²) in [6.07, 6.45) is -1.06. The number of carbonyl (C=O) groups excluding carboxylic acids is 1. The second-order valence-corrected chi connectivity index (χ2v) is 18.1. The number of fused-ring (bicyclic) bond motifs is 2. The molecular weight excluding hydrogens is 721 g/mol. The van der Waals surface area contributed by atoms with Gasteiger partial charge in [0.05, 0.1) is 36.2 Å². The van der Waals surface area contributed by atoms with Gasteiger partial charge in [-0.1, -0.05) is 51.9 Å². The molecule has 15 nitrogen and oxygen atoms in total. The molecule has 294 valence electrons. The Bertz CT molecular complexity index is 1910. The van der Waals surface area contributed by atoms with Gasteiger partial charge in [-0.3, -0.25) is 4.90 Å². The minimum Gasteiger partial charge on any atom is -0.485 e. The van der Waals surface area contributed by atoms with E-state index in [0.717, 1.165) is 12.0 Å². The monoisotopic (exact) mass is 770 g/mol. The molecule has 4 aliphatic rings. The Hall–Kier alpha value is -3.96. The summed E-state index contributed by atoms with van der Waals surface area (Å²) in [5.41, 5.74) is -0.527. The van der Waals surface area contributed by atoms with Crippen LogP contribution in [0.15, 0.2) is 51.9 Å².